The molecule has 0 N–H and O–H groups in total. The number of aryl methyl sites for hydroxylation is 1. The van der Waals surface area contributed by atoms with Gasteiger partial charge in [0.05, 0.1) is 16.6 Å². The van der Waals surface area contributed by atoms with Crippen molar-refractivity contribution in [1.29, 1.82) is 0 Å². The monoisotopic (exact) mass is 338 g/mol. The first kappa shape index (κ1) is 16.0. The molecular formula is C23H18N2O. The van der Waals surface area contributed by atoms with Crippen LogP contribution in [-0.2, 0) is 0 Å². The van der Waals surface area contributed by atoms with Crippen molar-refractivity contribution in [2.24, 2.45) is 0 Å². The van der Waals surface area contributed by atoms with Crippen LogP contribution in [0.25, 0.3) is 28.7 Å². The predicted molar refractivity (Wildman–Crippen MR) is 107 cm³/mol. The number of hydrogen-bond donors (Lipinski definition) is 0. The lowest BCUT2D eigenvalue weighted by atomic mass is 10.2. The van der Waals surface area contributed by atoms with E-state index in [2.05, 4.69) is 0 Å². The SMILES string of the molecule is Cc1cccc(-n2c(/C=C/c3ccccc3)nc3ccccc3c2=O)c1. The van der Waals surface area contributed by atoms with Gasteiger partial charge in [0.15, 0.2) is 0 Å². The molecule has 0 spiro atoms. The summed E-state index contributed by atoms with van der Waals surface area (Å²) in [6, 6.07) is 25.4. The average Bonchev–Trinajstić information content (AvgIpc) is 2.67. The Morgan fingerprint density at radius 1 is 0.846 bits per heavy atom. The third-order valence-electron chi connectivity index (χ3n) is 4.29. The summed E-state index contributed by atoms with van der Waals surface area (Å²) >= 11 is 0. The highest BCUT2D eigenvalue weighted by molar-refractivity contribution is 5.80. The van der Waals surface area contributed by atoms with E-state index >= 15 is 0 Å². The molecule has 1 aromatic heterocycles. The zero-order valence-electron chi connectivity index (χ0n) is 14.5. The van der Waals surface area contributed by atoms with E-state index in [1.54, 1.807) is 4.57 Å². The second-order valence-corrected chi connectivity index (χ2v) is 6.21. The van der Waals surface area contributed by atoms with Gasteiger partial charge in [-0.05, 0) is 48.4 Å². The highest BCUT2D eigenvalue weighted by atomic mass is 16.1. The summed E-state index contributed by atoms with van der Waals surface area (Å²) in [7, 11) is 0. The Morgan fingerprint density at radius 3 is 2.42 bits per heavy atom. The molecule has 0 saturated carbocycles. The van der Waals surface area contributed by atoms with E-state index < -0.39 is 0 Å². The number of fused-ring (bicyclic) bond motifs is 1. The second-order valence-electron chi connectivity index (χ2n) is 6.21. The third kappa shape index (κ3) is 3.07. The minimum Gasteiger partial charge on any atom is -0.268 e. The first-order valence-corrected chi connectivity index (χ1v) is 8.54. The zero-order chi connectivity index (χ0) is 17.9. The molecule has 126 valence electrons. The molecule has 0 radical (unpaired) electrons. The summed E-state index contributed by atoms with van der Waals surface area (Å²) in [5.74, 6) is 0.614. The number of aromatic nitrogens is 2. The van der Waals surface area contributed by atoms with Crippen LogP contribution in [0.2, 0.25) is 0 Å². The minimum atomic E-state index is -0.0612. The molecule has 3 heteroatoms. The second kappa shape index (κ2) is 6.81. The summed E-state index contributed by atoms with van der Waals surface area (Å²) in [6.45, 7) is 2.02. The molecule has 3 aromatic carbocycles. The summed E-state index contributed by atoms with van der Waals surface area (Å²) in [5.41, 5.74) is 3.62. The molecule has 0 amide bonds. The number of hydrogen-bond acceptors (Lipinski definition) is 2. The van der Waals surface area contributed by atoms with Crippen LogP contribution in [-0.4, -0.2) is 9.55 Å². The Morgan fingerprint density at radius 2 is 1.62 bits per heavy atom. The largest absolute Gasteiger partial charge is 0.268 e. The fourth-order valence-electron chi connectivity index (χ4n) is 3.01. The fourth-order valence-corrected chi connectivity index (χ4v) is 3.01. The van der Waals surface area contributed by atoms with E-state index in [1.165, 1.54) is 0 Å². The quantitative estimate of drug-likeness (QED) is 0.534. The summed E-state index contributed by atoms with van der Waals surface area (Å²) in [4.78, 5) is 17.9. The van der Waals surface area contributed by atoms with E-state index in [0.717, 1.165) is 16.8 Å². The predicted octanol–water partition coefficient (Wildman–Crippen LogP) is 4.86. The smallest absolute Gasteiger partial charge is 0.266 e. The van der Waals surface area contributed by atoms with Crippen molar-refractivity contribution in [2.45, 2.75) is 6.92 Å². The normalized spacial score (nSPS) is 11.3. The highest BCUT2D eigenvalue weighted by Crippen LogP contribution is 2.16. The van der Waals surface area contributed by atoms with Crippen LogP contribution >= 0.6 is 0 Å². The first-order chi connectivity index (χ1) is 12.7. The van der Waals surface area contributed by atoms with Crippen LogP contribution in [0.4, 0.5) is 0 Å². The van der Waals surface area contributed by atoms with Gasteiger partial charge in [0.1, 0.15) is 5.82 Å². The lowest BCUT2D eigenvalue weighted by Crippen LogP contribution is -2.22. The lowest BCUT2D eigenvalue weighted by molar-refractivity contribution is 0.942. The van der Waals surface area contributed by atoms with Gasteiger partial charge in [0.2, 0.25) is 0 Å². The van der Waals surface area contributed by atoms with Crippen LogP contribution in [0, 0.1) is 6.92 Å². The van der Waals surface area contributed by atoms with E-state index in [4.69, 9.17) is 4.98 Å². The number of benzene rings is 3. The molecule has 3 nitrogen and oxygen atoms in total. The average molecular weight is 338 g/mol. The van der Waals surface area contributed by atoms with Crippen LogP contribution in [0.1, 0.15) is 17.0 Å². The van der Waals surface area contributed by atoms with Gasteiger partial charge in [-0.3, -0.25) is 9.36 Å². The van der Waals surface area contributed by atoms with Gasteiger partial charge in [0, 0.05) is 0 Å². The maximum Gasteiger partial charge on any atom is 0.266 e. The summed E-state index contributed by atoms with van der Waals surface area (Å²) < 4.78 is 1.68. The maximum atomic E-state index is 13.2. The molecule has 1 heterocycles. The Bertz CT molecular complexity index is 1160. The van der Waals surface area contributed by atoms with Crippen molar-refractivity contribution in [1.82, 2.24) is 9.55 Å². The maximum absolute atomic E-state index is 13.2. The van der Waals surface area contributed by atoms with Gasteiger partial charge in [0.25, 0.3) is 5.56 Å². The molecule has 4 rings (SSSR count). The molecule has 0 fully saturated rings. The lowest BCUT2D eigenvalue weighted by Gasteiger charge is -2.12. The standard InChI is InChI=1S/C23H18N2O/c1-17-8-7-11-19(16-17)25-22(15-14-18-9-3-2-4-10-18)24-21-13-6-5-12-20(21)23(25)26/h2-16H,1H3/b15-14+. The van der Waals surface area contributed by atoms with E-state index in [0.29, 0.717) is 16.7 Å². The first-order valence-electron chi connectivity index (χ1n) is 8.54. The number of para-hydroxylation sites is 1. The molecule has 4 aromatic rings. The van der Waals surface area contributed by atoms with E-state index in [1.807, 2.05) is 97.9 Å². The van der Waals surface area contributed by atoms with Crippen LogP contribution < -0.4 is 5.56 Å². The van der Waals surface area contributed by atoms with Gasteiger partial charge < -0.3 is 0 Å². The Hall–Kier alpha value is -3.46. The van der Waals surface area contributed by atoms with Crippen molar-refractivity contribution < 1.29 is 0 Å². The van der Waals surface area contributed by atoms with Crippen molar-refractivity contribution in [3.63, 3.8) is 0 Å². The molecular weight excluding hydrogens is 320 g/mol. The number of nitrogens with zero attached hydrogens (tertiary/aromatic N) is 2. The topological polar surface area (TPSA) is 34.9 Å². The summed E-state index contributed by atoms with van der Waals surface area (Å²) in [5, 5.41) is 0.617. The van der Waals surface area contributed by atoms with Crippen LogP contribution in [0.5, 0.6) is 0 Å². The Balaban J connectivity index is 1.97. The Labute approximate surface area is 151 Å². The van der Waals surface area contributed by atoms with Crippen molar-refractivity contribution in [2.75, 3.05) is 0 Å². The highest BCUT2D eigenvalue weighted by Gasteiger charge is 2.10. The third-order valence-corrected chi connectivity index (χ3v) is 4.29. The molecule has 0 saturated heterocycles. The van der Waals surface area contributed by atoms with Gasteiger partial charge in [-0.15, -0.1) is 0 Å². The molecule has 0 unspecified atom stereocenters. The molecule has 0 aliphatic heterocycles. The minimum absolute atomic E-state index is 0.0612. The summed E-state index contributed by atoms with van der Waals surface area (Å²) in [6.07, 6.45) is 3.87. The van der Waals surface area contributed by atoms with Gasteiger partial charge in [-0.25, -0.2) is 4.98 Å². The van der Waals surface area contributed by atoms with Crippen molar-refractivity contribution in [3.8, 4) is 5.69 Å². The van der Waals surface area contributed by atoms with Crippen molar-refractivity contribution in [3.05, 3.63) is 106 Å². The molecule has 0 aliphatic rings. The number of rotatable bonds is 3. The van der Waals surface area contributed by atoms with Gasteiger partial charge in [-0.2, -0.15) is 0 Å². The molecule has 0 bridgehead atoms. The van der Waals surface area contributed by atoms with Gasteiger partial charge >= 0.3 is 0 Å². The van der Waals surface area contributed by atoms with Gasteiger partial charge in [-0.1, -0.05) is 60.7 Å². The fraction of sp³-hybridized carbons (Fsp3) is 0.0435. The van der Waals surface area contributed by atoms with Crippen molar-refractivity contribution >= 4 is 23.1 Å². The Kier molecular flexibility index (Phi) is 4.20. The molecule has 0 aliphatic carbocycles. The molecule has 26 heavy (non-hydrogen) atoms. The van der Waals surface area contributed by atoms with Crippen LogP contribution in [0.15, 0.2) is 83.7 Å². The van der Waals surface area contributed by atoms with E-state index in [9.17, 15) is 4.79 Å². The zero-order valence-corrected chi connectivity index (χ0v) is 14.5. The molecule has 0 atom stereocenters. The van der Waals surface area contributed by atoms with E-state index in [-0.39, 0.29) is 5.56 Å². The van der Waals surface area contributed by atoms with Crippen LogP contribution in [0.3, 0.4) is 0 Å².